The molecule has 0 saturated carbocycles. The molecule has 0 radical (unpaired) electrons. The van der Waals surface area contributed by atoms with Gasteiger partial charge in [-0.15, -0.1) is 0 Å². The van der Waals surface area contributed by atoms with Gasteiger partial charge in [0, 0.05) is 12.2 Å². The lowest BCUT2D eigenvalue weighted by Gasteiger charge is -2.37. The van der Waals surface area contributed by atoms with Gasteiger partial charge in [-0.1, -0.05) is 45.4 Å². The highest BCUT2D eigenvalue weighted by molar-refractivity contribution is 5.28. The Morgan fingerprint density at radius 2 is 1.90 bits per heavy atom. The van der Waals surface area contributed by atoms with Gasteiger partial charge in [0.2, 0.25) is 0 Å². The molecule has 0 fully saturated rings. The monoisotopic (exact) mass is 295 g/mol. The predicted molar refractivity (Wildman–Crippen MR) is 87.0 cm³/mol. The molecule has 120 valence electrons. The smallest absolute Gasteiger partial charge is 0.128 e. The van der Waals surface area contributed by atoms with Crippen molar-refractivity contribution in [3.05, 3.63) is 35.1 Å². The first-order valence-electron chi connectivity index (χ1n) is 7.92. The SMILES string of the molecule is CCCNC(c1cc(C)ccc1F)C(OCC)C(C)(C)C. The Balaban J connectivity index is 3.22. The molecule has 1 aromatic carbocycles. The average molecular weight is 295 g/mol. The molecule has 21 heavy (non-hydrogen) atoms. The summed E-state index contributed by atoms with van der Waals surface area (Å²) in [6, 6.07) is 5.16. The number of aryl methyl sites for hydroxylation is 1. The van der Waals surface area contributed by atoms with Crippen molar-refractivity contribution < 1.29 is 9.13 Å². The standard InChI is InChI=1S/C18H30FNO/c1-7-11-20-16(17(21-8-2)18(4,5)6)14-12-13(3)9-10-15(14)19/h9-10,12,16-17,20H,7-8,11H2,1-6H3. The zero-order chi connectivity index (χ0) is 16.0. The maximum Gasteiger partial charge on any atom is 0.128 e. The third kappa shape index (κ3) is 5.08. The summed E-state index contributed by atoms with van der Waals surface area (Å²) in [5.41, 5.74) is 1.70. The highest BCUT2D eigenvalue weighted by Gasteiger charge is 2.35. The first-order chi connectivity index (χ1) is 9.81. The predicted octanol–water partition coefficient (Wildman–Crippen LogP) is 4.63. The number of hydrogen-bond acceptors (Lipinski definition) is 2. The second-order valence-electron chi connectivity index (χ2n) is 6.70. The molecule has 0 spiro atoms. The zero-order valence-electron chi connectivity index (χ0n) is 14.3. The molecule has 1 N–H and O–H groups in total. The Morgan fingerprint density at radius 3 is 2.43 bits per heavy atom. The van der Waals surface area contributed by atoms with E-state index in [0.717, 1.165) is 18.5 Å². The van der Waals surface area contributed by atoms with Crippen LogP contribution in [0.25, 0.3) is 0 Å². The second-order valence-corrected chi connectivity index (χ2v) is 6.70. The molecule has 0 amide bonds. The summed E-state index contributed by atoms with van der Waals surface area (Å²) in [6.45, 7) is 14.0. The molecule has 3 heteroatoms. The van der Waals surface area contributed by atoms with E-state index in [-0.39, 0.29) is 23.4 Å². The van der Waals surface area contributed by atoms with Crippen LogP contribution < -0.4 is 5.32 Å². The molecule has 0 bridgehead atoms. The van der Waals surface area contributed by atoms with Gasteiger partial charge in [-0.3, -0.25) is 0 Å². The summed E-state index contributed by atoms with van der Waals surface area (Å²) in [7, 11) is 0. The first kappa shape index (κ1) is 18.1. The molecule has 2 unspecified atom stereocenters. The minimum Gasteiger partial charge on any atom is -0.376 e. The Bertz CT molecular complexity index is 439. The van der Waals surface area contributed by atoms with Gasteiger partial charge in [-0.05, 0) is 38.3 Å². The third-order valence-corrected chi connectivity index (χ3v) is 3.60. The number of ether oxygens (including phenoxy) is 1. The number of halogens is 1. The number of rotatable bonds is 7. The summed E-state index contributed by atoms with van der Waals surface area (Å²) in [6.07, 6.45) is 0.928. The second kappa shape index (κ2) is 7.90. The van der Waals surface area contributed by atoms with Gasteiger partial charge < -0.3 is 10.1 Å². The van der Waals surface area contributed by atoms with E-state index in [9.17, 15) is 4.39 Å². The normalized spacial score (nSPS) is 15.0. The number of benzene rings is 1. The zero-order valence-corrected chi connectivity index (χ0v) is 14.3. The van der Waals surface area contributed by atoms with E-state index in [0.29, 0.717) is 12.2 Å². The van der Waals surface area contributed by atoms with Crippen LogP contribution in [0.1, 0.15) is 58.2 Å². The van der Waals surface area contributed by atoms with Crippen molar-refractivity contribution in [2.45, 2.75) is 60.1 Å². The van der Waals surface area contributed by atoms with Gasteiger partial charge in [-0.2, -0.15) is 0 Å². The number of nitrogens with one attached hydrogen (secondary N) is 1. The molecule has 0 heterocycles. The number of hydrogen-bond donors (Lipinski definition) is 1. The Kier molecular flexibility index (Phi) is 6.82. The molecule has 0 aliphatic carbocycles. The van der Waals surface area contributed by atoms with Gasteiger partial charge in [0.05, 0.1) is 12.1 Å². The van der Waals surface area contributed by atoms with Crippen LogP contribution in [0.4, 0.5) is 4.39 Å². The lowest BCUT2D eigenvalue weighted by atomic mass is 9.81. The van der Waals surface area contributed by atoms with Gasteiger partial charge in [0.15, 0.2) is 0 Å². The van der Waals surface area contributed by atoms with Gasteiger partial charge >= 0.3 is 0 Å². The summed E-state index contributed by atoms with van der Waals surface area (Å²) in [5.74, 6) is -0.164. The summed E-state index contributed by atoms with van der Waals surface area (Å²) >= 11 is 0. The van der Waals surface area contributed by atoms with E-state index in [1.807, 2.05) is 26.0 Å². The van der Waals surface area contributed by atoms with Crippen molar-refractivity contribution in [2.24, 2.45) is 5.41 Å². The maximum absolute atomic E-state index is 14.3. The van der Waals surface area contributed by atoms with Gasteiger partial charge in [0.1, 0.15) is 5.82 Å². The lowest BCUT2D eigenvalue weighted by molar-refractivity contribution is -0.0372. The van der Waals surface area contributed by atoms with Crippen molar-refractivity contribution in [1.29, 1.82) is 0 Å². The summed E-state index contributed by atoms with van der Waals surface area (Å²) in [5, 5.41) is 3.48. The van der Waals surface area contributed by atoms with E-state index >= 15 is 0 Å². The first-order valence-corrected chi connectivity index (χ1v) is 7.92. The molecule has 1 rings (SSSR count). The Morgan fingerprint density at radius 1 is 1.24 bits per heavy atom. The van der Waals surface area contributed by atoms with Crippen molar-refractivity contribution in [1.82, 2.24) is 5.32 Å². The van der Waals surface area contributed by atoms with E-state index in [1.54, 1.807) is 6.07 Å². The average Bonchev–Trinajstić information content (AvgIpc) is 2.40. The fourth-order valence-electron chi connectivity index (χ4n) is 2.61. The van der Waals surface area contributed by atoms with Crippen LogP contribution in [-0.2, 0) is 4.74 Å². The van der Waals surface area contributed by atoms with Crippen LogP contribution in [0.5, 0.6) is 0 Å². The van der Waals surface area contributed by atoms with Crippen molar-refractivity contribution in [3.8, 4) is 0 Å². The maximum atomic E-state index is 14.3. The Labute approximate surface area is 129 Å². The quantitative estimate of drug-likeness (QED) is 0.792. The molecular weight excluding hydrogens is 265 g/mol. The fourth-order valence-corrected chi connectivity index (χ4v) is 2.61. The molecule has 0 aliphatic rings. The molecular formula is C18H30FNO. The van der Waals surface area contributed by atoms with Gasteiger partial charge in [-0.25, -0.2) is 4.39 Å². The third-order valence-electron chi connectivity index (χ3n) is 3.60. The molecule has 2 atom stereocenters. The largest absolute Gasteiger partial charge is 0.376 e. The van der Waals surface area contributed by atoms with E-state index in [4.69, 9.17) is 4.74 Å². The summed E-state index contributed by atoms with van der Waals surface area (Å²) in [4.78, 5) is 0. The van der Waals surface area contributed by atoms with E-state index in [2.05, 4.69) is 33.0 Å². The van der Waals surface area contributed by atoms with Crippen molar-refractivity contribution in [2.75, 3.05) is 13.2 Å². The Hall–Kier alpha value is -0.930. The molecule has 0 saturated heterocycles. The van der Waals surface area contributed by atoms with Crippen LogP contribution >= 0.6 is 0 Å². The van der Waals surface area contributed by atoms with E-state index in [1.165, 1.54) is 0 Å². The molecule has 0 aliphatic heterocycles. The molecule has 2 nitrogen and oxygen atoms in total. The van der Waals surface area contributed by atoms with Crippen LogP contribution in [0.3, 0.4) is 0 Å². The molecule has 0 aromatic heterocycles. The highest BCUT2D eigenvalue weighted by Crippen LogP contribution is 2.34. The minimum atomic E-state index is -0.164. The summed E-state index contributed by atoms with van der Waals surface area (Å²) < 4.78 is 20.3. The topological polar surface area (TPSA) is 21.3 Å². The van der Waals surface area contributed by atoms with Crippen LogP contribution in [0.2, 0.25) is 0 Å². The van der Waals surface area contributed by atoms with Crippen LogP contribution in [0, 0.1) is 18.2 Å². The van der Waals surface area contributed by atoms with Crippen LogP contribution in [-0.4, -0.2) is 19.3 Å². The van der Waals surface area contributed by atoms with Crippen LogP contribution in [0.15, 0.2) is 18.2 Å². The van der Waals surface area contributed by atoms with Crippen molar-refractivity contribution >= 4 is 0 Å². The highest BCUT2D eigenvalue weighted by atomic mass is 19.1. The molecule has 1 aromatic rings. The van der Waals surface area contributed by atoms with E-state index < -0.39 is 0 Å². The van der Waals surface area contributed by atoms with Crippen molar-refractivity contribution in [3.63, 3.8) is 0 Å². The minimum absolute atomic E-state index is 0.0718. The fraction of sp³-hybridized carbons (Fsp3) is 0.667. The lowest BCUT2D eigenvalue weighted by Crippen LogP contribution is -2.42. The van der Waals surface area contributed by atoms with Gasteiger partial charge in [0.25, 0.3) is 0 Å².